The van der Waals surface area contributed by atoms with Crippen molar-refractivity contribution >= 4 is 16.6 Å². The van der Waals surface area contributed by atoms with E-state index in [-0.39, 0.29) is 0 Å². The summed E-state index contributed by atoms with van der Waals surface area (Å²) in [7, 11) is 0. The van der Waals surface area contributed by atoms with Crippen LogP contribution in [0.4, 0.5) is 0 Å². The number of hydrogen-bond acceptors (Lipinski definition) is 3. The fraction of sp³-hybridized carbons (Fsp3) is 0.500. The molecule has 0 unspecified atom stereocenters. The van der Waals surface area contributed by atoms with Gasteiger partial charge in [0.25, 0.3) is 0 Å². The van der Waals surface area contributed by atoms with Gasteiger partial charge in [-0.25, -0.2) is 9.97 Å². The summed E-state index contributed by atoms with van der Waals surface area (Å²) in [5.41, 5.74) is 6.22. The Kier molecular flexibility index (Phi) is 3.83. The lowest BCUT2D eigenvalue weighted by molar-refractivity contribution is 0.737. The molecule has 106 valence electrons. The maximum Gasteiger partial charge on any atom is 0.141 e. The van der Waals surface area contributed by atoms with Gasteiger partial charge in [-0.05, 0) is 36.9 Å². The topological polar surface area (TPSA) is 53.6 Å². The molecule has 4 nitrogen and oxygen atoms in total. The number of rotatable bonds is 4. The molecule has 4 heteroatoms. The molecule has 2 aromatic heterocycles. The molecule has 0 saturated heterocycles. The second-order valence-electron chi connectivity index (χ2n) is 5.32. The van der Waals surface area contributed by atoms with E-state index in [1.54, 1.807) is 6.33 Å². The molecule has 0 amide bonds. The fourth-order valence-corrected chi connectivity index (χ4v) is 3.07. The van der Waals surface area contributed by atoms with Crippen LogP contribution in [0, 0.1) is 0 Å². The summed E-state index contributed by atoms with van der Waals surface area (Å²) >= 11 is 0. The largest absolute Gasteiger partial charge is 0.343 e. The van der Waals surface area contributed by atoms with Crippen LogP contribution in [0.5, 0.6) is 0 Å². The van der Waals surface area contributed by atoms with Crippen molar-refractivity contribution < 1.29 is 0 Å². The molecule has 0 fully saturated rings. The summed E-state index contributed by atoms with van der Waals surface area (Å²) in [6.07, 6.45) is 8.25. The molecule has 0 saturated carbocycles. The van der Waals surface area contributed by atoms with E-state index in [0.717, 1.165) is 50.1 Å². The molecule has 0 bridgehead atoms. The zero-order valence-corrected chi connectivity index (χ0v) is 12.3. The minimum absolute atomic E-state index is 0.939. The smallest absolute Gasteiger partial charge is 0.141 e. The van der Waals surface area contributed by atoms with E-state index in [1.165, 1.54) is 22.2 Å². The fourth-order valence-electron chi connectivity index (χ4n) is 3.07. The van der Waals surface area contributed by atoms with Crippen LogP contribution in [0.1, 0.15) is 43.6 Å². The van der Waals surface area contributed by atoms with E-state index in [4.69, 9.17) is 0 Å². The van der Waals surface area contributed by atoms with Crippen molar-refractivity contribution in [2.24, 2.45) is 0 Å². The van der Waals surface area contributed by atoms with Crippen molar-refractivity contribution in [1.29, 1.82) is 0 Å². The molecule has 1 aliphatic rings. The number of fused-ring (bicyclic) bond motifs is 1. The molecule has 20 heavy (non-hydrogen) atoms. The van der Waals surface area contributed by atoms with Crippen LogP contribution in [-0.2, 0) is 12.8 Å². The lowest BCUT2D eigenvalue weighted by atomic mass is 9.99. The molecule has 3 rings (SSSR count). The third-order valence-corrected chi connectivity index (χ3v) is 4.00. The van der Waals surface area contributed by atoms with Crippen LogP contribution in [0.15, 0.2) is 12.4 Å². The second-order valence-corrected chi connectivity index (χ2v) is 5.32. The van der Waals surface area contributed by atoms with Crippen LogP contribution < -0.4 is 5.32 Å². The molecule has 0 aliphatic carbocycles. The Hall–Kier alpha value is -1.68. The molecule has 2 N–H and O–H groups in total. The predicted molar refractivity (Wildman–Crippen MR) is 82.7 cm³/mol. The highest BCUT2D eigenvalue weighted by atomic mass is 14.9. The highest BCUT2D eigenvalue weighted by molar-refractivity contribution is 5.92. The van der Waals surface area contributed by atoms with Gasteiger partial charge in [-0.15, -0.1) is 0 Å². The third-order valence-electron chi connectivity index (χ3n) is 4.00. The van der Waals surface area contributed by atoms with Gasteiger partial charge in [0.05, 0.1) is 5.69 Å². The van der Waals surface area contributed by atoms with Gasteiger partial charge in [-0.2, -0.15) is 0 Å². The van der Waals surface area contributed by atoms with Gasteiger partial charge in [0.1, 0.15) is 12.0 Å². The molecule has 0 aromatic carbocycles. The van der Waals surface area contributed by atoms with Gasteiger partial charge in [-0.3, -0.25) is 0 Å². The van der Waals surface area contributed by atoms with Gasteiger partial charge in [0, 0.05) is 17.6 Å². The standard InChI is InChI=1S/C16H22N4/c1-3-5-13-12(4-2)14-15(11-6-8-17-9-7-11)18-10-19-16(14)20-13/h6,10,17H,3-5,7-9H2,1-2H3,(H,18,19,20). The lowest BCUT2D eigenvalue weighted by Gasteiger charge is -2.14. The maximum atomic E-state index is 4.59. The first-order valence-corrected chi connectivity index (χ1v) is 7.59. The number of H-pyrrole nitrogens is 1. The molecule has 1 aliphatic heterocycles. The molecular weight excluding hydrogens is 248 g/mol. The molecule has 0 atom stereocenters. The monoisotopic (exact) mass is 270 g/mol. The van der Waals surface area contributed by atoms with Crippen LogP contribution in [0.25, 0.3) is 16.6 Å². The van der Waals surface area contributed by atoms with E-state index in [1.807, 2.05) is 0 Å². The Morgan fingerprint density at radius 3 is 2.85 bits per heavy atom. The molecule has 2 aromatic rings. The van der Waals surface area contributed by atoms with E-state index >= 15 is 0 Å². The van der Waals surface area contributed by atoms with Crippen molar-refractivity contribution in [3.63, 3.8) is 0 Å². The maximum absolute atomic E-state index is 4.59. The van der Waals surface area contributed by atoms with Gasteiger partial charge >= 0.3 is 0 Å². The van der Waals surface area contributed by atoms with E-state index in [0.29, 0.717) is 0 Å². The quantitative estimate of drug-likeness (QED) is 0.898. The van der Waals surface area contributed by atoms with Gasteiger partial charge in [0.15, 0.2) is 0 Å². The van der Waals surface area contributed by atoms with Crippen LogP contribution in [0.2, 0.25) is 0 Å². The Bertz CT molecular complexity index is 639. The third kappa shape index (κ3) is 2.24. The highest BCUT2D eigenvalue weighted by Gasteiger charge is 2.18. The number of nitrogens with zero attached hydrogens (tertiary/aromatic N) is 2. The highest BCUT2D eigenvalue weighted by Crippen LogP contribution is 2.30. The Labute approximate surface area is 119 Å². The number of nitrogens with one attached hydrogen (secondary N) is 2. The second kappa shape index (κ2) is 5.75. The molecule has 0 spiro atoms. The lowest BCUT2D eigenvalue weighted by Crippen LogP contribution is -2.20. The van der Waals surface area contributed by atoms with Crippen LogP contribution in [-0.4, -0.2) is 28.0 Å². The summed E-state index contributed by atoms with van der Waals surface area (Å²) in [6.45, 7) is 6.40. The zero-order chi connectivity index (χ0) is 13.9. The van der Waals surface area contributed by atoms with E-state index in [2.05, 4.69) is 40.2 Å². The summed E-state index contributed by atoms with van der Waals surface area (Å²) in [6, 6.07) is 0. The van der Waals surface area contributed by atoms with Crippen molar-refractivity contribution in [1.82, 2.24) is 20.3 Å². The summed E-state index contributed by atoms with van der Waals surface area (Å²) in [5.74, 6) is 0. The average molecular weight is 270 g/mol. The van der Waals surface area contributed by atoms with E-state index < -0.39 is 0 Å². The number of aromatic nitrogens is 3. The van der Waals surface area contributed by atoms with Gasteiger partial charge in [0.2, 0.25) is 0 Å². The van der Waals surface area contributed by atoms with Crippen LogP contribution in [0.3, 0.4) is 0 Å². The zero-order valence-electron chi connectivity index (χ0n) is 12.3. The van der Waals surface area contributed by atoms with Gasteiger partial charge < -0.3 is 10.3 Å². The number of aryl methyl sites for hydroxylation is 2. The minimum atomic E-state index is 0.939. The average Bonchev–Trinajstić information content (AvgIpc) is 2.85. The summed E-state index contributed by atoms with van der Waals surface area (Å²) < 4.78 is 0. The molecular formula is C16H22N4. The summed E-state index contributed by atoms with van der Waals surface area (Å²) in [4.78, 5) is 12.5. The van der Waals surface area contributed by atoms with Crippen molar-refractivity contribution in [3.05, 3.63) is 29.4 Å². The Balaban J connectivity index is 2.19. The normalized spacial score (nSPS) is 15.6. The minimum Gasteiger partial charge on any atom is -0.343 e. The Morgan fingerprint density at radius 2 is 2.15 bits per heavy atom. The van der Waals surface area contributed by atoms with Gasteiger partial charge in [-0.1, -0.05) is 26.3 Å². The van der Waals surface area contributed by atoms with Crippen LogP contribution >= 0.6 is 0 Å². The van der Waals surface area contributed by atoms with E-state index in [9.17, 15) is 0 Å². The first-order valence-electron chi connectivity index (χ1n) is 7.59. The number of aromatic amines is 1. The van der Waals surface area contributed by atoms with Crippen molar-refractivity contribution in [2.45, 2.75) is 39.5 Å². The number of hydrogen-bond donors (Lipinski definition) is 2. The van der Waals surface area contributed by atoms with Crippen molar-refractivity contribution in [3.8, 4) is 0 Å². The molecule has 3 heterocycles. The summed E-state index contributed by atoms with van der Waals surface area (Å²) in [5, 5.41) is 4.60. The first-order chi connectivity index (χ1) is 9.85. The Morgan fingerprint density at radius 1 is 1.25 bits per heavy atom. The molecule has 0 radical (unpaired) electrons. The SMILES string of the molecule is CCCc1[nH]c2ncnc(C3=CCNCC3)c2c1CC. The van der Waals surface area contributed by atoms with Crippen molar-refractivity contribution in [2.75, 3.05) is 13.1 Å². The predicted octanol–water partition coefficient (Wildman–Crippen LogP) is 2.85. The first kappa shape index (κ1) is 13.3.